The van der Waals surface area contributed by atoms with Crippen LogP contribution in [0.25, 0.3) is 0 Å². The molecule has 2 amide bonds. The van der Waals surface area contributed by atoms with E-state index in [1.807, 2.05) is 12.1 Å². The number of likely N-dealkylation sites (tertiary alicyclic amines) is 1. The molecule has 2 aromatic rings. The van der Waals surface area contributed by atoms with Gasteiger partial charge in [0.25, 0.3) is 0 Å². The summed E-state index contributed by atoms with van der Waals surface area (Å²) < 4.78 is 10.8. The molecule has 0 bridgehead atoms. The average molecular weight is 302 g/mol. The van der Waals surface area contributed by atoms with E-state index >= 15 is 0 Å². The summed E-state index contributed by atoms with van der Waals surface area (Å²) in [6.07, 6.45) is 3.39. The Kier molecular flexibility index (Phi) is 4.34. The van der Waals surface area contributed by atoms with Gasteiger partial charge < -0.3 is 14.1 Å². The Bertz CT molecular complexity index is 629. The third kappa shape index (κ3) is 3.09. The van der Waals surface area contributed by atoms with Crippen LogP contribution in [-0.4, -0.2) is 34.8 Å². The molecule has 0 aliphatic carbocycles. The van der Waals surface area contributed by atoms with Crippen LogP contribution in [0.5, 0.6) is 0 Å². The molecule has 2 aromatic heterocycles. The number of carbonyl (C=O) groups excluding carboxylic acids is 1. The second-order valence-corrected chi connectivity index (χ2v) is 5.13. The van der Waals surface area contributed by atoms with Crippen LogP contribution >= 0.6 is 0 Å². The van der Waals surface area contributed by atoms with Crippen LogP contribution in [0.1, 0.15) is 30.4 Å². The summed E-state index contributed by atoms with van der Waals surface area (Å²) in [4.78, 5) is 14.2. The van der Waals surface area contributed by atoms with Gasteiger partial charge in [-0.05, 0) is 37.1 Å². The Morgan fingerprint density at radius 2 is 2.41 bits per heavy atom. The molecule has 3 heterocycles. The van der Waals surface area contributed by atoms with Crippen LogP contribution in [0.4, 0.5) is 10.6 Å². The zero-order valence-corrected chi connectivity index (χ0v) is 12.4. The van der Waals surface area contributed by atoms with Crippen molar-refractivity contribution in [2.45, 2.75) is 25.5 Å². The first-order valence-corrected chi connectivity index (χ1v) is 7.21. The number of nitrogens with zero attached hydrogens (tertiary/aromatic N) is 3. The number of nitrogens with one attached hydrogen (secondary N) is 1. The lowest BCUT2D eigenvalue weighted by molar-refractivity contribution is 0.157. The fourth-order valence-electron chi connectivity index (χ4n) is 2.65. The van der Waals surface area contributed by atoms with Crippen molar-refractivity contribution in [1.82, 2.24) is 15.1 Å². The van der Waals surface area contributed by atoms with E-state index in [2.05, 4.69) is 15.5 Å². The Morgan fingerprint density at radius 3 is 3.18 bits per heavy atom. The van der Waals surface area contributed by atoms with Crippen molar-refractivity contribution < 1.29 is 13.9 Å². The SMILES string of the molecule is COCc1ccc(C2CCCN2C(=O)Nc2cccnn2)o1. The zero-order chi connectivity index (χ0) is 15.4. The van der Waals surface area contributed by atoms with Crippen LogP contribution < -0.4 is 5.32 Å². The smallest absolute Gasteiger partial charge is 0.323 e. The molecule has 116 valence electrons. The highest BCUT2D eigenvalue weighted by atomic mass is 16.5. The molecule has 22 heavy (non-hydrogen) atoms. The van der Waals surface area contributed by atoms with Gasteiger partial charge in [0.2, 0.25) is 0 Å². The first-order chi connectivity index (χ1) is 10.8. The first kappa shape index (κ1) is 14.5. The highest BCUT2D eigenvalue weighted by Gasteiger charge is 2.32. The van der Waals surface area contributed by atoms with Crippen LogP contribution in [0.2, 0.25) is 0 Å². The molecule has 0 saturated carbocycles. The Morgan fingerprint density at radius 1 is 1.50 bits per heavy atom. The molecular formula is C15H18N4O3. The number of ether oxygens (including phenoxy) is 1. The van der Waals surface area contributed by atoms with Crippen LogP contribution in [0.3, 0.4) is 0 Å². The molecule has 0 aromatic carbocycles. The van der Waals surface area contributed by atoms with Gasteiger partial charge in [-0.25, -0.2) is 4.79 Å². The standard InChI is InChI=1S/C15H18N4O3/c1-21-10-11-6-7-13(22-11)12-4-3-9-19(12)15(20)17-14-5-2-8-16-18-14/h2,5-8,12H,3-4,9-10H2,1H3,(H,17,18,20). The van der Waals surface area contributed by atoms with Crippen molar-refractivity contribution in [3.8, 4) is 0 Å². The first-order valence-electron chi connectivity index (χ1n) is 7.21. The second-order valence-electron chi connectivity index (χ2n) is 5.13. The highest BCUT2D eigenvalue weighted by molar-refractivity contribution is 5.88. The number of hydrogen-bond donors (Lipinski definition) is 1. The molecule has 1 atom stereocenters. The normalized spacial score (nSPS) is 17.7. The van der Waals surface area contributed by atoms with Crippen molar-refractivity contribution in [3.05, 3.63) is 42.0 Å². The molecule has 1 fully saturated rings. The lowest BCUT2D eigenvalue weighted by atomic mass is 10.2. The second kappa shape index (κ2) is 6.57. The van der Waals surface area contributed by atoms with Gasteiger partial charge >= 0.3 is 6.03 Å². The van der Waals surface area contributed by atoms with E-state index in [1.54, 1.807) is 30.3 Å². The third-order valence-electron chi connectivity index (χ3n) is 3.62. The van der Waals surface area contributed by atoms with E-state index < -0.39 is 0 Å². The van der Waals surface area contributed by atoms with E-state index in [0.29, 0.717) is 19.0 Å². The molecule has 1 aliphatic heterocycles. The molecule has 3 rings (SSSR count). The lowest BCUT2D eigenvalue weighted by Gasteiger charge is -2.23. The number of urea groups is 1. The number of hydrogen-bond acceptors (Lipinski definition) is 5. The Balaban J connectivity index is 1.70. The highest BCUT2D eigenvalue weighted by Crippen LogP contribution is 2.33. The maximum atomic E-state index is 12.4. The summed E-state index contributed by atoms with van der Waals surface area (Å²) in [7, 11) is 1.62. The molecule has 0 spiro atoms. The number of furan rings is 1. The maximum absolute atomic E-state index is 12.4. The van der Waals surface area contributed by atoms with Gasteiger partial charge in [0, 0.05) is 19.9 Å². The van der Waals surface area contributed by atoms with Crippen molar-refractivity contribution >= 4 is 11.8 Å². The average Bonchev–Trinajstić information content (AvgIpc) is 3.17. The summed E-state index contributed by atoms with van der Waals surface area (Å²) >= 11 is 0. The Hall–Kier alpha value is -2.41. The van der Waals surface area contributed by atoms with Gasteiger partial charge in [0.05, 0.1) is 6.04 Å². The minimum absolute atomic E-state index is 0.0534. The van der Waals surface area contributed by atoms with Gasteiger partial charge in [-0.15, -0.1) is 5.10 Å². The minimum atomic E-state index is -0.187. The fourth-order valence-corrected chi connectivity index (χ4v) is 2.65. The number of methoxy groups -OCH3 is 1. The molecule has 0 radical (unpaired) electrons. The topological polar surface area (TPSA) is 80.5 Å². The van der Waals surface area contributed by atoms with Gasteiger partial charge in [0.1, 0.15) is 18.1 Å². The van der Waals surface area contributed by atoms with Gasteiger partial charge in [-0.2, -0.15) is 5.10 Å². The number of rotatable bonds is 4. The molecule has 1 unspecified atom stereocenters. The lowest BCUT2D eigenvalue weighted by Crippen LogP contribution is -2.34. The number of carbonyl (C=O) groups is 1. The molecule has 1 N–H and O–H groups in total. The fraction of sp³-hybridized carbons (Fsp3) is 0.400. The summed E-state index contributed by atoms with van der Waals surface area (Å²) in [5.74, 6) is 2.00. The monoisotopic (exact) mass is 302 g/mol. The van der Waals surface area contributed by atoms with Gasteiger partial charge in [-0.3, -0.25) is 5.32 Å². The predicted octanol–water partition coefficient (Wildman–Crippen LogP) is 2.58. The van der Waals surface area contributed by atoms with E-state index in [9.17, 15) is 4.79 Å². The Labute approximate surface area is 128 Å². The van der Waals surface area contributed by atoms with Crippen LogP contribution in [0, 0.1) is 0 Å². The molecule has 1 aliphatic rings. The third-order valence-corrected chi connectivity index (χ3v) is 3.62. The van der Waals surface area contributed by atoms with E-state index in [4.69, 9.17) is 9.15 Å². The number of amides is 2. The number of anilines is 1. The summed E-state index contributed by atoms with van der Waals surface area (Å²) in [5, 5.41) is 10.4. The minimum Gasteiger partial charge on any atom is -0.461 e. The van der Waals surface area contributed by atoms with Gasteiger partial charge in [-0.1, -0.05) is 0 Å². The quantitative estimate of drug-likeness (QED) is 0.939. The summed E-state index contributed by atoms with van der Waals surface area (Å²) in [5.41, 5.74) is 0. The van der Waals surface area contributed by atoms with E-state index in [-0.39, 0.29) is 12.1 Å². The van der Waals surface area contributed by atoms with Crippen molar-refractivity contribution in [1.29, 1.82) is 0 Å². The molecule has 1 saturated heterocycles. The largest absolute Gasteiger partial charge is 0.461 e. The van der Waals surface area contributed by atoms with E-state index in [1.165, 1.54) is 0 Å². The summed E-state index contributed by atoms with van der Waals surface area (Å²) in [6, 6.07) is 6.99. The van der Waals surface area contributed by atoms with Gasteiger partial charge in [0.15, 0.2) is 5.82 Å². The molecule has 7 nitrogen and oxygen atoms in total. The van der Waals surface area contributed by atoms with Crippen molar-refractivity contribution in [3.63, 3.8) is 0 Å². The van der Waals surface area contributed by atoms with Crippen molar-refractivity contribution in [2.75, 3.05) is 19.0 Å². The number of aromatic nitrogens is 2. The predicted molar refractivity (Wildman–Crippen MR) is 79.2 cm³/mol. The molecule has 7 heteroatoms. The van der Waals surface area contributed by atoms with E-state index in [0.717, 1.165) is 24.4 Å². The van der Waals surface area contributed by atoms with Crippen LogP contribution in [-0.2, 0) is 11.3 Å². The molecular weight excluding hydrogens is 284 g/mol. The zero-order valence-electron chi connectivity index (χ0n) is 12.4. The van der Waals surface area contributed by atoms with Crippen molar-refractivity contribution in [2.24, 2.45) is 0 Å². The summed E-state index contributed by atoms with van der Waals surface area (Å²) in [6.45, 7) is 1.12. The van der Waals surface area contributed by atoms with Crippen LogP contribution in [0.15, 0.2) is 34.9 Å². The maximum Gasteiger partial charge on any atom is 0.323 e.